The van der Waals surface area contributed by atoms with Crippen LogP contribution in [0.4, 0.5) is 5.13 Å². The van der Waals surface area contributed by atoms with Crippen LogP contribution in [0.3, 0.4) is 0 Å². The number of methoxy groups -OCH3 is 1. The number of aromatic nitrogens is 1. The molecule has 0 radical (unpaired) electrons. The Morgan fingerprint density at radius 3 is 3.17 bits per heavy atom. The molecule has 1 aliphatic rings. The Morgan fingerprint density at radius 2 is 2.33 bits per heavy atom. The number of aryl methyl sites for hydroxylation is 1. The van der Waals surface area contributed by atoms with E-state index in [-0.39, 0.29) is 11.7 Å². The van der Waals surface area contributed by atoms with Crippen LogP contribution in [0.5, 0.6) is 5.75 Å². The van der Waals surface area contributed by atoms with Gasteiger partial charge in [0, 0.05) is 10.3 Å². The third-order valence-electron chi connectivity index (χ3n) is 4.36. The number of benzene rings is 1. The van der Waals surface area contributed by atoms with Crippen LogP contribution in [0.15, 0.2) is 28.7 Å². The Hall–Kier alpha value is -2.34. The molecule has 3 aromatic rings. The molecule has 6 heteroatoms. The second-order valence-electron chi connectivity index (χ2n) is 6.18. The number of carbonyl (C=O) groups excluding carboxylic acids is 1. The molecule has 1 amide bonds. The number of fused-ring (bicyclic) bond motifs is 2. The van der Waals surface area contributed by atoms with E-state index in [4.69, 9.17) is 9.15 Å². The molecule has 0 saturated heterocycles. The zero-order valence-corrected chi connectivity index (χ0v) is 14.4. The highest BCUT2D eigenvalue weighted by atomic mass is 32.1. The first-order valence-corrected chi connectivity index (χ1v) is 8.82. The first kappa shape index (κ1) is 15.2. The number of anilines is 1. The number of furan rings is 1. The van der Waals surface area contributed by atoms with Gasteiger partial charge in [0.25, 0.3) is 5.91 Å². The highest BCUT2D eigenvalue weighted by Crippen LogP contribution is 2.33. The molecule has 0 bridgehead atoms. The number of para-hydroxylation sites is 1. The van der Waals surface area contributed by atoms with Gasteiger partial charge in [0.15, 0.2) is 22.2 Å². The molecule has 1 aromatic carbocycles. The minimum atomic E-state index is -0.285. The van der Waals surface area contributed by atoms with Crippen molar-refractivity contribution < 1.29 is 13.9 Å². The number of rotatable bonds is 3. The van der Waals surface area contributed by atoms with Gasteiger partial charge in [-0.05, 0) is 37.3 Å². The van der Waals surface area contributed by atoms with Crippen LogP contribution >= 0.6 is 11.3 Å². The second-order valence-corrected chi connectivity index (χ2v) is 7.26. The third-order valence-corrected chi connectivity index (χ3v) is 5.39. The van der Waals surface area contributed by atoms with Gasteiger partial charge in [-0.2, -0.15) is 0 Å². The molecule has 1 aliphatic carbocycles. The maximum Gasteiger partial charge on any atom is 0.293 e. The molecule has 24 heavy (non-hydrogen) atoms. The summed E-state index contributed by atoms with van der Waals surface area (Å²) in [6.07, 6.45) is 3.20. The maximum atomic E-state index is 12.5. The number of hydrogen-bond donors (Lipinski definition) is 1. The summed E-state index contributed by atoms with van der Waals surface area (Å²) < 4.78 is 11.0. The molecule has 0 saturated carbocycles. The minimum Gasteiger partial charge on any atom is -0.493 e. The van der Waals surface area contributed by atoms with E-state index in [1.807, 2.05) is 18.2 Å². The number of ether oxygens (including phenoxy) is 1. The van der Waals surface area contributed by atoms with Gasteiger partial charge in [-0.15, -0.1) is 11.3 Å². The first-order chi connectivity index (χ1) is 11.6. The van der Waals surface area contributed by atoms with Crippen molar-refractivity contribution in [3.05, 3.63) is 40.6 Å². The summed E-state index contributed by atoms with van der Waals surface area (Å²) in [5.41, 5.74) is 1.71. The van der Waals surface area contributed by atoms with Gasteiger partial charge in [-0.3, -0.25) is 10.1 Å². The van der Waals surface area contributed by atoms with E-state index in [0.717, 1.165) is 30.3 Å². The normalized spacial score (nSPS) is 16.8. The predicted octanol–water partition coefficient (Wildman–Crippen LogP) is 4.28. The monoisotopic (exact) mass is 342 g/mol. The van der Waals surface area contributed by atoms with Crippen molar-refractivity contribution in [1.29, 1.82) is 0 Å². The van der Waals surface area contributed by atoms with Crippen molar-refractivity contribution in [1.82, 2.24) is 4.98 Å². The standard InChI is InChI=1S/C18H18N2O3S/c1-10-6-7-12-15(8-10)24-18(19-12)20-17(21)14-9-11-4-3-5-13(22-2)16(11)23-14/h3-5,9-10H,6-8H2,1-2H3,(H,19,20,21). The van der Waals surface area contributed by atoms with E-state index >= 15 is 0 Å². The Balaban J connectivity index is 1.58. The van der Waals surface area contributed by atoms with Gasteiger partial charge < -0.3 is 9.15 Å². The fourth-order valence-electron chi connectivity index (χ4n) is 3.06. The number of amides is 1. The Bertz CT molecular complexity index is 912. The predicted molar refractivity (Wildman–Crippen MR) is 94.0 cm³/mol. The molecule has 1 N–H and O–H groups in total. The van der Waals surface area contributed by atoms with Gasteiger partial charge in [-0.25, -0.2) is 4.98 Å². The summed E-state index contributed by atoms with van der Waals surface area (Å²) in [5.74, 6) is 1.28. The fourth-order valence-corrected chi connectivity index (χ4v) is 4.23. The molecule has 1 atom stereocenters. The largest absolute Gasteiger partial charge is 0.493 e. The summed E-state index contributed by atoms with van der Waals surface area (Å²) in [5, 5.41) is 4.35. The lowest BCUT2D eigenvalue weighted by Crippen LogP contribution is -2.11. The number of nitrogens with one attached hydrogen (secondary N) is 1. The lowest BCUT2D eigenvalue weighted by molar-refractivity contribution is 0.0998. The van der Waals surface area contributed by atoms with Crippen molar-refractivity contribution in [3.8, 4) is 5.75 Å². The molecule has 0 spiro atoms. The van der Waals surface area contributed by atoms with Crippen LogP contribution in [0, 0.1) is 5.92 Å². The van der Waals surface area contributed by atoms with E-state index in [1.165, 1.54) is 4.88 Å². The van der Waals surface area contributed by atoms with E-state index < -0.39 is 0 Å². The molecule has 2 aromatic heterocycles. The van der Waals surface area contributed by atoms with Crippen molar-refractivity contribution in [2.24, 2.45) is 5.92 Å². The summed E-state index contributed by atoms with van der Waals surface area (Å²) in [7, 11) is 1.58. The zero-order chi connectivity index (χ0) is 16.7. The summed E-state index contributed by atoms with van der Waals surface area (Å²) in [4.78, 5) is 18.3. The average Bonchev–Trinajstić information content (AvgIpc) is 3.17. The fraction of sp³-hybridized carbons (Fsp3) is 0.333. The summed E-state index contributed by atoms with van der Waals surface area (Å²) >= 11 is 1.57. The highest BCUT2D eigenvalue weighted by molar-refractivity contribution is 7.15. The van der Waals surface area contributed by atoms with Gasteiger partial charge in [0.1, 0.15) is 0 Å². The number of thiazole rings is 1. The smallest absolute Gasteiger partial charge is 0.293 e. The second kappa shape index (κ2) is 5.94. The summed E-state index contributed by atoms with van der Waals surface area (Å²) in [6, 6.07) is 7.29. The quantitative estimate of drug-likeness (QED) is 0.772. The van der Waals surface area contributed by atoms with Crippen LogP contribution in [0.1, 0.15) is 34.5 Å². The minimum absolute atomic E-state index is 0.260. The Morgan fingerprint density at radius 1 is 1.46 bits per heavy atom. The molecular weight excluding hydrogens is 324 g/mol. The van der Waals surface area contributed by atoms with Crippen molar-refractivity contribution in [2.45, 2.75) is 26.2 Å². The lowest BCUT2D eigenvalue weighted by atomic mass is 9.93. The van der Waals surface area contributed by atoms with Crippen molar-refractivity contribution in [2.75, 3.05) is 12.4 Å². The van der Waals surface area contributed by atoms with Gasteiger partial charge in [-0.1, -0.05) is 19.1 Å². The molecule has 124 valence electrons. The topological polar surface area (TPSA) is 64.4 Å². The highest BCUT2D eigenvalue weighted by Gasteiger charge is 2.22. The summed E-state index contributed by atoms with van der Waals surface area (Å²) in [6.45, 7) is 2.25. The van der Waals surface area contributed by atoms with E-state index in [2.05, 4.69) is 17.2 Å². The van der Waals surface area contributed by atoms with Crippen LogP contribution in [-0.2, 0) is 12.8 Å². The lowest BCUT2D eigenvalue weighted by Gasteiger charge is -2.15. The van der Waals surface area contributed by atoms with E-state index in [1.54, 1.807) is 24.5 Å². The Kier molecular flexibility index (Phi) is 3.76. The number of hydrogen-bond acceptors (Lipinski definition) is 5. The molecule has 0 aliphatic heterocycles. The average molecular weight is 342 g/mol. The Labute approximate surface area is 143 Å². The van der Waals surface area contributed by atoms with Crippen molar-refractivity contribution in [3.63, 3.8) is 0 Å². The van der Waals surface area contributed by atoms with Crippen molar-refractivity contribution >= 4 is 33.3 Å². The van der Waals surface area contributed by atoms with Crippen LogP contribution in [0.25, 0.3) is 11.0 Å². The molecule has 0 fully saturated rings. The first-order valence-electron chi connectivity index (χ1n) is 8.00. The number of nitrogens with zero attached hydrogens (tertiary/aromatic N) is 1. The molecule has 5 nitrogen and oxygen atoms in total. The maximum absolute atomic E-state index is 12.5. The number of carbonyl (C=O) groups is 1. The van der Waals surface area contributed by atoms with Crippen LogP contribution in [0.2, 0.25) is 0 Å². The molecule has 2 heterocycles. The van der Waals surface area contributed by atoms with Gasteiger partial charge in [0.2, 0.25) is 0 Å². The third kappa shape index (κ3) is 2.67. The molecular formula is C18H18N2O3S. The zero-order valence-electron chi connectivity index (χ0n) is 13.6. The van der Waals surface area contributed by atoms with Gasteiger partial charge in [0.05, 0.1) is 12.8 Å². The van der Waals surface area contributed by atoms with E-state index in [9.17, 15) is 4.79 Å². The molecule has 4 rings (SSSR count). The molecule has 1 unspecified atom stereocenters. The SMILES string of the molecule is COc1cccc2cc(C(=O)Nc3nc4c(s3)CC(C)CC4)oc12. The van der Waals surface area contributed by atoms with E-state index in [0.29, 0.717) is 22.4 Å². The van der Waals surface area contributed by atoms with Gasteiger partial charge >= 0.3 is 0 Å². The van der Waals surface area contributed by atoms with Crippen LogP contribution in [-0.4, -0.2) is 18.0 Å². The van der Waals surface area contributed by atoms with Crippen LogP contribution < -0.4 is 10.1 Å².